The van der Waals surface area contributed by atoms with E-state index in [2.05, 4.69) is 66.2 Å². The van der Waals surface area contributed by atoms with E-state index in [0.717, 1.165) is 18.3 Å². The van der Waals surface area contributed by atoms with Crippen LogP contribution in [-0.2, 0) is 0 Å². The summed E-state index contributed by atoms with van der Waals surface area (Å²) in [5.74, 6) is -0.521. The second kappa shape index (κ2) is 11.0. The van der Waals surface area contributed by atoms with Crippen molar-refractivity contribution in [2.45, 2.75) is 0 Å². The molecule has 0 aliphatic heterocycles. The van der Waals surface area contributed by atoms with Gasteiger partial charge in [0.1, 0.15) is 0 Å². The van der Waals surface area contributed by atoms with Crippen molar-refractivity contribution >= 4 is 69.4 Å². The highest BCUT2D eigenvalue weighted by molar-refractivity contribution is 14.1. The molecule has 0 saturated heterocycles. The van der Waals surface area contributed by atoms with Crippen molar-refractivity contribution in [2.24, 2.45) is 10.2 Å². The number of rotatable bonds is 6. The molecule has 3 aromatic rings. The number of hydrogen-bond acceptors (Lipinski definition) is 4. The van der Waals surface area contributed by atoms with Crippen molar-refractivity contribution in [3.05, 3.63) is 102 Å². The van der Waals surface area contributed by atoms with Crippen molar-refractivity contribution in [3.63, 3.8) is 0 Å². The maximum absolute atomic E-state index is 12.1. The topological polar surface area (TPSA) is 82.9 Å². The molecule has 0 aliphatic carbocycles. The van der Waals surface area contributed by atoms with E-state index in [1.807, 2.05) is 60.7 Å². The van der Waals surface area contributed by atoms with E-state index in [4.69, 9.17) is 0 Å². The standard InChI is InChI=1S/C22H16I2N4O2/c23-19-7-3-1-5-17(19)21(29)27-25-13-15-9-11-16(12-10-15)14-26-28-22(30)18-6-2-4-8-20(18)24/h1-14H,(H,27,29)(H,28,30). The van der Waals surface area contributed by atoms with Crippen molar-refractivity contribution in [1.29, 1.82) is 0 Å². The van der Waals surface area contributed by atoms with Crippen LogP contribution in [0, 0.1) is 7.14 Å². The molecule has 0 spiro atoms. The second-order valence-corrected chi connectivity index (χ2v) is 8.35. The summed E-state index contributed by atoms with van der Waals surface area (Å²) in [6.07, 6.45) is 3.13. The fourth-order valence-electron chi connectivity index (χ4n) is 2.41. The Kier molecular flexibility index (Phi) is 8.08. The van der Waals surface area contributed by atoms with E-state index in [0.29, 0.717) is 11.1 Å². The zero-order valence-corrected chi connectivity index (χ0v) is 19.9. The fraction of sp³-hybridized carbons (Fsp3) is 0. The van der Waals surface area contributed by atoms with Gasteiger partial charge in [-0.25, -0.2) is 10.9 Å². The van der Waals surface area contributed by atoms with Gasteiger partial charge in [0, 0.05) is 7.14 Å². The van der Waals surface area contributed by atoms with Crippen molar-refractivity contribution in [1.82, 2.24) is 10.9 Å². The van der Waals surface area contributed by atoms with Gasteiger partial charge >= 0.3 is 0 Å². The summed E-state index contributed by atoms with van der Waals surface area (Å²) in [5.41, 5.74) is 7.83. The lowest BCUT2D eigenvalue weighted by molar-refractivity contribution is 0.0946. The van der Waals surface area contributed by atoms with Crippen LogP contribution in [0.5, 0.6) is 0 Å². The van der Waals surface area contributed by atoms with Crippen LogP contribution in [0.3, 0.4) is 0 Å². The van der Waals surface area contributed by atoms with Gasteiger partial charge in [0.2, 0.25) is 0 Å². The monoisotopic (exact) mass is 622 g/mol. The highest BCUT2D eigenvalue weighted by Crippen LogP contribution is 2.12. The number of nitrogens with one attached hydrogen (secondary N) is 2. The van der Waals surface area contributed by atoms with Crippen molar-refractivity contribution in [3.8, 4) is 0 Å². The molecule has 2 N–H and O–H groups in total. The molecule has 30 heavy (non-hydrogen) atoms. The highest BCUT2D eigenvalue weighted by Gasteiger charge is 2.08. The number of nitrogens with zero attached hydrogens (tertiary/aromatic N) is 2. The first-order chi connectivity index (χ1) is 14.5. The summed E-state index contributed by atoms with van der Waals surface area (Å²) < 4.78 is 1.72. The summed E-state index contributed by atoms with van der Waals surface area (Å²) in [4.78, 5) is 24.2. The Hall–Kier alpha value is -2.60. The molecule has 0 aliphatic rings. The average Bonchev–Trinajstić information content (AvgIpc) is 2.75. The summed E-state index contributed by atoms with van der Waals surface area (Å²) in [6.45, 7) is 0. The number of halogens is 2. The molecular weight excluding hydrogens is 606 g/mol. The SMILES string of the molecule is O=C(NN=Cc1ccc(C=NNC(=O)c2ccccc2I)cc1)c1ccccc1I. The summed E-state index contributed by atoms with van der Waals surface area (Å²) in [5, 5.41) is 7.99. The number of benzene rings is 3. The van der Waals surface area contributed by atoms with Crippen LogP contribution in [0.15, 0.2) is 83.0 Å². The van der Waals surface area contributed by atoms with Crippen LogP contribution in [0.25, 0.3) is 0 Å². The van der Waals surface area contributed by atoms with Gasteiger partial charge in [0.15, 0.2) is 0 Å². The summed E-state index contributed by atoms with van der Waals surface area (Å²) in [7, 11) is 0. The minimum atomic E-state index is -0.260. The first-order valence-electron chi connectivity index (χ1n) is 8.80. The van der Waals surface area contributed by atoms with E-state index in [1.165, 1.54) is 0 Å². The number of hydrazone groups is 2. The number of amides is 2. The Morgan fingerprint density at radius 2 is 1.00 bits per heavy atom. The lowest BCUT2D eigenvalue weighted by Crippen LogP contribution is -2.18. The lowest BCUT2D eigenvalue weighted by Gasteiger charge is -2.02. The smallest absolute Gasteiger partial charge is 0.267 e. The van der Waals surface area contributed by atoms with Crippen LogP contribution in [0.2, 0.25) is 0 Å². The predicted molar refractivity (Wildman–Crippen MR) is 135 cm³/mol. The van der Waals surface area contributed by atoms with Crippen molar-refractivity contribution < 1.29 is 9.59 Å². The maximum atomic E-state index is 12.1. The van der Waals surface area contributed by atoms with Gasteiger partial charge in [0.05, 0.1) is 23.6 Å². The average molecular weight is 622 g/mol. The van der Waals surface area contributed by atoms with Gasteiger partial charge in [-0.1, -0.05) is 48.5 Å². The van der Waals surface area contributed by atoms with Gasteiger partial charge in [0.25, 0.3) is 11.8 Å². The zero-order valence-electron chi connectivity index (χ0n) is 15.5. The predicted octanol–water partition coefficient (Wildman–Crippen LogP) is 4.42. The Balaban J connectivity index is 1.53. The van der Waals surface area contributed by atoms with Gasteiger partial charge in [-0.3, -0.25) is 9.59 Å². The summed E-state index contributed by atoms with van der Waals surface area (Å²) in [6, 6.07) is 21.9. The molecule has 0 unspecified atom stereocenters. The van der Waals surface area contributed by atoms with Crippen LogP contribution < -0.4 is 10.9 Å². The maximum Gasteiger partial charge on any atom is 0.272 e. The molecule has 2 amide bonds. The Labute approximate surface area is 201 Å². The van der Waals surface area contributed by atoms with Crippen LogP contribution >= 0.6 is 45.2 Å². The minimum absolute atomic E-state index is 0.260. The number of hydrogen-bond donors (Lipinski definition) is 2. The van der Waals surface area contributed by atoms with E-state index < -0.39 is 0 Å². The first-order valence-corrected chi connectivity index (χ1v) is 11.0. The normalized spacial score (nSPS) is 11.0. The Bertz CT molecular complexity index is 1020. The second-order valence-electron chi connectivity index (χ2n) is 6.02. The molecule has 3 rings (SSSR count). The van der Waals surface area contributed by atoms with Crippen LogP contribution in [-0.4, -0.2) is 24.2 Å². The molecule has 3 aromatic carbocycles. The molecule has 0 fully saturated rings. The van der Waals surface area contributed by atoms with Crippen LogP contribution in [0.1, 0.15) is 31.8 Å². The lowest BCUT2D eigenvalue weighted by atomic mass is 10.2. The van der Waals surface area contributed by atoms with Gasteiger partial charge in [-0.05, 0) is 80.6 Å². The number of carbonyl (C=O) groups is 2. The molecule has 8 heteroatoms. The quantitative estimate of drug-likeness (QED) is 0.243. The molecule has 0 atom stereocenters. The largest absolute Gasteiger partial charge is 0.272 e. The molecule has 0 aromatic heterocycles. The van der Waals surface area contributed by atoms with E-state index >= 15 is 0 Å². The fourth-order valence-corrected chi connectivity index (χ4v) is 3.67. The molecule has 6 nitrogen and oxygen atoms in total. The minimum Gasteiger partial charge on any atom is -0.267 e. The first kappa shape index (κ1) is 22.1. The van der Waals surface area contributed by atoms with Gasteiger partial charge in [-0.2, -0.15) is 10.2 Å². The Morgan fingerprint density at radius 1 is 0.633 bits per heavy atom. The Morgan fingerprint density at radius 3 is 1.37 bits per heavy atom. The molecular formula is C22H16I2N4O2. The molecule has 0 bridgehead atoms. The van der Waals surface area contributed by atoms with E-state index in [9.17, 15) is 9.59 Å². The third-order valence-corrected chi connectivity index (χ3v) is 5.81. The molecule has 0 heterocycles. The van der Waals surface area contributed by atoms with E-state index in [1.54, 1.807) is 24.6 Å². The van der Waals surface area contributed by atoms with Crippen LogP contribution in [0.4, 0.5) is 0 Å². The van der Waals surface area contributed by atoms with Crippen molar-refractivity contribution in [2.75, 3.05) is 0 Å². The summed E-state index contributed by atoms with van der Waals surface area (Å²) >= 11 is 4.22. The third-order valence-electron chi connectivity index (χ3n) is 3.93. The number of carbonyl (C=O) groups excluding carboxylic acids is 2. The zero-order chi connectivity index (χ0) is 21.3. The highest BCUT2D eigenvalue weighted by atomic mass is 127. The van der Waals surface area contributed by atoms with Gasteiger partial charge in [-0.15, -0.1) is 0 Å². The molecule has 0 radical (unpaired) electrons. The molecule has 0 saturated carbocycles. The van der Waals surface area contributed by atoms with Gasteiger partial charge < -0.3 is 0 Å². The third kappa shape index (κ3) is 6.20. The molecule has 150 valence electrons. The van der Waals surface area contributed by atoms with E-state index in [-0.39, 0.29) is 11.8 Å².